The Bertz CT molecular complexity index is 966. The molecule has 3 aromatic rings. The highest BCUT2D eigenvalue weighted by molar-refractivity contribution is 6.14. The van der Waals surface area contributed by atoms with Gasteiger partial charge in [-0.2, -0.15) is 5.10 Å². The van der Waals surface area contributed by atoms with Crippen molar-refractivity contribution in [2.24, 2.45) is 4.99 Å². The van der Waals surface area contributed by atoms with Crippen LogP contribution in [0.15, 0.2) is 35.6 Å². The second-order valence-corrected chi connectivity index (χ2v) is 6.10. The Kier molecular flexibility index (Phi) is 4.31. The fourth-order valence-electron chi connectivity index (χ4n) is 2.74. The van der Waals surface area contributed by atoms with Gasteiger partial charge in [-0.15, -0.1) is 0 Å². The zero-order chi connectivity index (χ0) is 18.1. The van der Waals surface area contributed by atoms with Crippen molar-refractivity contribution in [3.8, 4) is 5.88 Å². The first-order chi connectivity index (χ1) is 11.9. The summed E-state index contributed by atoms with van der Waals surface area (Å²) in [5, 5.41) is 24.4. The Balaban J connectivity index is 2.13. The molecule has 7 heteroatoms. The van der Waals surface area contributed by atoms with E-state index in [1.54, 1.807) is 18.3 Å². The summed E-state index contributed by atoms with van der Waals surface area (Å²) in [4.78, 5) is 18.7. The van der Waals surface area contributed by atoms with E-state index in [0.717, 1.165) is 0 Å². The first-order valence-electron chi connectivity index (χ1n) is 8.10. The number of rotatable bonds is 5. The number of aromatic carboxylic acids is 1. The van der Waals surface area contributed by atoms with E-state index >= 15 is 0 Å². The standard InChI is InChI=1S/C18H20N4O3/c1-4-14(20-12-8-19-22(9-12)10(2)3)16-13-7-11(18(24)25)5-6-15(13)21-17(16)23/h5-10,21,23H,4H2,1-3H3,(H,24,25). The molecule has 25 heavy (non-hydrogen) atoms. The van der Waals surface area contributed by atoms with Crippen LogP contribution in [-0.4, -0.2) is 36.7 Å². The quantitative estimate of drug-likeness (QED) is 0.613. The van der Waals surface area contributed by atoms with E-state index in [1.165, 1.54) is 6.07 Å². The third kappa shape index (κ3) is 3.13. The van der Waals surface area contributed by atoms with E-state index in [0.29, 0.717) is 34.3 Å². The molecule has 0 aliphatic carbocycles. The van der Waals surface area contributed by atoms with Crippen LogP contribution in [0.5, 0.6) is 5.88 Å². The molecule has 3 rings (SSSR count). The van der Waals surface area contributed by atoms with E-state index in [2.05, 4.69) is 15.1 Å². The summed E-state index contributed by atoms with van der Waals surface area (Å²) in [7, 11) is 0. The van der Waals surface area contributed by atoms with Gasteiger partial charge in [0.1, 0.15) is 5.69 Å². The third-order valence-corrected chi connectivity index (χ3v) is 4.03. The summed E-state index contributed by atoms with van der Waals surface area (Å²) in [5.74, 6) is -1.03. The predicted octanol–water partition coefficient (Wildman–Crippen LogP) is 3.88. The first kappa shape index (κ1) is 16.8. The van der Waals surface area contributed by atoms with Crippen LogP contribution >= 0.6 is 0 Å². The summed E-state index contributed by atoms with van der Waals surface area (Å²) >= 11 is 0. The fraction of sp³-hybridized carbons (Fsp3) is 0.278. The summed E-state index contributed by atoms with van der Waals surface area (Å²) in [6, 6.07) is 4.92. The van der Waals surface area contributed by atoms with Crippen molar-refractivity contribution in [3.63, 3.8) is 0 Å². The van der Waals surface area contributed by atoms with Crippen LogP contribution in [0, 0.1) is 0 Å². The molecule has 0 radical (unpaired) electrons. The number of aromatic amines is 1. The average Bonchev–Trinajstić information content (AvgIpc) is 3.15. The number of H-pyrrole nitrogens is 1. The van der Waals surface area contributed by atoms with Gasteiger partial charge in [-0.05, 0) is 38.5 Å². The molecule has 0 bridgehead atoms. The number of benzene rings is 1. The molecule has 0 unspecified atom stereocenters. The Morgan fingerprint density at radius 2 is 2.16 bits per heavy atom. The van der Waals surface area contributed by atoms with Gasteiger partial charge in [-0.25, -0.2) is 9.79 Å². The maximum Gasteiger partial charge on any atom is 0.335 e. The number of carboxylic acids is 1. The fourth-order valence-corrected chi connectivity index (χ4v) is 2.74. The lowest BCUT2D eigenvalue weighted by Crippen LogP contribution is -2.00. The van der Waals surface area contributed by atoms with Crippen LogP contribution in [-0.2, 0) is 0 Å². The lowest BCUT2D eigenvalue weighted by molar-refractivity contribution is 0.0697. The van der Waals surface area contributed by atoms with Crippen molar-refractivity contribution in [3.05, 3.63) is 41.7 Å². The van der Waals surface area contributed by atoms with E-state index < -0.39 is 5.97 Å². The topological polar surface area (TPSA) is 103 Å². The highest BCUT2D eigenvalue weighted by Gasteiger charge is 2.17. The monoisotopic (exact) mass is 340 g/mol. The van der Waals surface area contributed by atoms with Crippen molar-refractivity contribution >= 4 is 28.3 Å². The molecule has 0 spiro atoms. The van der Waals surface area contributed by atoms with Gasteiger partial charge in [0.25, 0.3) is 0 Å². The molecule has 0 aliphatic rings. The molecule has 0 saturated carbocycles. The van der Waals surface area contributed by atoms with Crippen LogP contribution in [0.3, 0.4) is 0 Å². The summed E-state index contributed by atoms with van der Waals surface area (Å²) in [6.07, 6.45) is 4.09. The Morgan fingerprint density at radius 1 is 1.40 bits per heavy atom. The molecule has 2 aromatic heterocycles. The number of hydrogen-bond donors (Lipinski definition) is 3. The molecular weight excluding hydrogens is 320 g/mol. The molecule has 7 nitrogen and oxygen atoms in total. The van der Waals surface area contributed by atoms with Gasteiger partial charge in [0, 0.05) is 16.9 Å². The molecular formula is C18H20N4O3. The maximum atomic E-state index is 11.2. The van der Waals surface area contributed by atoms with Crippen LogP contribution < -0.4 is 0 Å². The van der Waals surface area contributed by atoms with Gasteiger partial charge in [0.2, 0.25) is 0 Å². The second-order valence-electron chi connectivity index (χ2n) is 6.10. The number of aliphatic imine (C=N–C) groups is 1. The number of fused-ring (bicyclic) bond motifs is 1. The number of carbonyl (C=O) groups is 1. The number of nitrogens with zero attached hydrogens (tertiary/aromatic N) is 3. The van der Waals surface area contributed by atoms with Crippen LogP contribution in [0.1, 0.15) is 49.2 Å². The Hall–Kier alpha value is -3.09. The van der Waals surface area contributed by atoms with E-state index in [1.807, 2.05) is 31.6 Å². The average molecular weight is 340 g/mol. The summed E-state index contributed by atoms with van der Waals surface area (Å²) < 4.78 is 1.81. The maximum absolute atomic E-state index is 11.2. The van der Waals surface area contributed by atoms with Gasteiger partial charge in [-0.1, -0.05) is 6.92 Å². The first-order valence-corrected chi connectivity index (χ1v) is 8.10. The molecule has 0 amide bonds. The zero-order valence-corrected chi connectivity index (χ0v) is 14.3. The third-order valence-electron chi connectivity index (χ3n) is 4.03. The van der Waals surface area contributed by atoms with Gasteiger partial charge in [0.15, 0.2) is 5.88 Å². The SMILES string of the molecule is CCC(=Nc1cnn(C(C)C)c1)c1c(O)[nH]c2ccc(C(=O)O)cc12. The second kappa shape index (κ2) is 6.43. The van der Waals surface area contributed by atoms with Gasteiger partial charge in [0.05, 0.1) is 29.2 Å². The van der Waals surface area contributed by atoms with E-state index in [9.17, 15) is 15.0 Å². The molecule has 130 valence electrons. The predicted molar refractivity (Wildman–Crippen MR) is 96.0 cm³/mol. The number of aromatic nitrogens is 3. The summed E-state index contributed by atoms with van der Waals surface area (Å²) in [5.41, 5.74) is 2.70. The minimum Gasteiger partial charge on any atom is -0.494 e. The van der Waals surface area contributed by atoms with Crippen LogP contribution in [0.25, 0.3) is 10.9 Å². The molecule has 1 aromatic carbocycles. The summed E-state index contributed by atoms with van der Waals surface area (Å²) in [6.45, 7) is 5.99. The smallest absolute Gasteiger partial charge is 0.335 e. The van der Waals surface area contributed by atoms with Crippen molar-refractivity contribution < 1.29 is 15.0 Å². The lowest BCUT2D eigenvalue weighted by atomic mass is 10.0. The van der Waals surface area contributed by atoms with Crippen molar-refractivity contribution in [1.29, 1.82) is 0 Å². The van der Waals surface area contributed by atoms with Crippen LogP contribution in [0.4, 0.5) is 5.69 Å². The lowest BCUT2D eigenvalue weighted by Gasteiger charge is -2.04. The number of nitrogens with one attached hydrogen (secondary N) is 1. The molecule has 2 heterocycles. The molecule has 0 saturated heterocycles. The van der Waals surface area contributed by atoms with Crippen molar-refractivity contribution in [2.75, 3.05) is 0 Å². The largest absolute Gasteiger partial charge is 0.494 e. The van der Waals surface area contributed by atoms with Gasteiger partial charge >= 0.3 is 5.97 Å². The van der Waals surface area contributed by atoms with E-state index in [4.69, 9.17) is 0 Å². The van der Waals surface area contributed by atoms with Crippen molar-refractivity contribution in [1.82, 2.24) is 14.8 Å². The molecule has 0 fully saturated rings. The number of hydrogen-bond acceptors (Lipinski definition) is 4. The number of aromatic hydroxyl groups is 1. The van der Waals surface area contributed by atoms with Crippen molar-refractivity contribution in [2.45, 2.75) is 33.2 Å². The highest BCUT2D eigenvalue weighted by atomic mass is 16.4. The minimum atomic E-state index is -1.01. The molecule has 3 N–H and O–H groups in total. The zero-order valence-electron chi connectivity index (χ0n) is 14.3. The highest BCUT2D eigenvalue weighted by Crippen LogP contribution is 2.31. The number of carboxylic acid groups (broad SMARTS) is 1. The minimum absolute atomic E-state index is 0.0191. The Labute approximate surface area is 144 Å². The molecule has 0 aliphatic heterocycles. The molecule has 0 atom stereocenters. The van der Waals surface area contributed by atoms with Gasteiger partial charge in [-0.3, -0.25) is 4.68 Å². The van der Waals surface area contributed by atoms with Crippen LogP contribution in [0.2, 0.25) is 0 Å². The Morgan fingerprint density at radius 3 is 2.76 bits per heavy atom. The van der Waals surface area contributed by atoms with E-state index in [-0.39, 0.29) is 17.5 Å². The normalized spacial score (nSPS) is 12.2. The van der Waals surface area contributed by atoms with Gasteiger partial charge < -0.3 is 15.2 Å².